The van der Waals surface area contributed by atoms with Crippen LogP contribution in [0.1, 0.15) is 36.0 Å². The van der Waals surface area contributed by atoms with E-state index in [1.807, 2.05) is 0 Å². The number of carbonyl (C=O) groups excluding carboxylic acids is 1. The Bertz CT molecular complexity index is 547. The summed E-state index contributed by atoms with van der Waals surface area (Å²) in [6, 6.07) is 6.73. The van der Waals surface area contributed by atoms with E-state index >= 15 is 0 Å². The molecule has 1 aliphatic rings. The van der Waals surface area contributed by atoms with E-state index in [9.17, 15) is 9.18 Å². The molecule has 0 radical (unpaired) electrons. The summed E-state index contributed by atoms with van der Waals surface area (Å²) in [6.07, 6.45) is 3.21. The molecule has 0 atom stereocenters. The Kier molecular flexibility index (Phi) is 4.77. The van der Waals surface area contributed by atoms with E-state index in [-0.39, 0.29) is 23.4 Å². The summed E-state index contributed by atoms with van der Waals surface area (Å²) in [5.74, 6) is -0.711. The van der Waals surface area contributed by atoms with Crippen molar-refractivity contribution in [2.75, 3.05) is 7.05 Å². The topological polar surface area (TPSA) is 44.1 Å². The number of halogens is 2. The normalized spacial score (nSPS) is 22.1. The minimum absolute atomic E-state index is 0.0873. The van der Waals surface area contributed by atoms with E-state index in [0.717, 1.165) is 25.7 Å². The van der Waals surface area contributed by atoms with E-state index in [4.69, 9.17) is 5.26 Å². The quantitative estimate of drug-likeness (QED) is 0.824. The maximum atomic E-state index is 13.8. The van der Waals surface area contributed by atoms with Crippen molar-refractivity contribution in [1.29, 1.82) is 5.26 Å². The van der Waals surface area contributed by atoms with Crippen LogP contribution in [0.5, 0.6) is 0 Å². The molecule has 2 rings (SSSR count). The molecule has 0 unspecified atom stereocenters. The molecule has 1 saturated carbocycles. The molecular formula is C15H16BrFN2O. The van der Waals surface area contributed by atoms with Gasteiger partial charge in [-0.05, 0) is 43.9 Å². The van der Waals surface area contributed by atoms with Gasteiger partial charge >= 0.3 is 0 Å². The zero-order valence-electron chi connectivity index (χ0n) is 11.3. The molecule has 0 bridgehead atoms. The predicted molar refractivity (Wildman–Crippen MR) is 77.6 cm³/mol. The van der Waals surface area contributed by atoms with Crippen molar-refractivity contribution in [2.45, 2.75) is 31.7 Å². The van der Waals surface area contributed by atoms with Crippen LogP contribution < -0.4 is 0 Å². The van der Waals surface area contributed by atoms with Gasteiger partial charge in [-0.1, -0.05) is 15.9 Å². The summed E-state index contributed by atoms with van der Waals surface area (Å²) in [4.78, 5) is 14.0. The van der Waals surface area contributed by atoms with Gasteiger partial charge in [0.1, 0.15) is 5.82 Å². The summed E-state index contributed by atoms with van der Waals surface area (Å²) < 4.78 is 14.4. The minimum Gasteiger partial charge on any atom is -0.339 e. The number of carbonyl (C=O) groups is 1. The third-order valence-corrected chi connectivity index (χ3v) is 4.40. The Morgan fingerprint density at radius 1 is 1.40 bits per heavy atom. The van der Waals surface area contributed by atoms with Crippen LogP contribution in [-0.4, -0.2) is 23.9 Å². The number of nitriles is 1. The van der Waals surface area contributed by atoms with Crippen LogP contribution in [0.15, 0.2) is 22.7 Å². The van der Waals surface area contributed by atoms with Gasteiger partial charge < -0.3 is 4.90 Å². The van der Waals surface area contributed by atoms with Crippen LogP contribution in [0.25, 0.3) is 0 Å². The van der Waals surface area contributed by atoms with Gasteiger partial charge in [-0.2, -0.15) is 5.26 Å². The number of amides is 1. The van der Waals surface area contributed by atoms with Gasteiger partial charge in [0.2, 0.25) is 0 Å². The van der Waals surface area contributed by atoms with Crippen molar-refractivity contribution >= 4 is 21.8 Å². The number of hydrogen-bond acceptors (Lipinski definition) is 2. The maximum Gasteiger partial charge on any atom is 0.256 e. The first-order valence-corrected chi connectivity index (χ1v) is 7.44. The average molecular weight is 339 g/mol. The third-order valence-electron chi connectivity index (χ3n) is 3.91. The predicted octanol–water partition coefficient (Wildman–Crippen LogP) is 3.74. The monoisotopic (exact) mass is 338 g/mol. The standard InChI is InChI=1S/C15H16BrFN2O/c1-19(12-5-2-10(9-18)3-6-12)15(20)13-8-11(16)4-7-14(13)17/h4,7-8,10,12H,2-3,5-6H2,1H3. The van der Waals surface area contributed by atoms with Gasteiger partial charge in [0.15, 0.2) is 0 Å². The Morgan fingerprint density at radius 2 is 2.05 bits per heavy atom. The molecule has 0 saturated heterocycles. The Morgan fingerprint density at radius 3 is 2.65 bits per heavy atom. The maximum absolute atomic E-state index is 13.8. The van der Waals surface area contributed by atoms with Gasteiger partial charge in [0.25, 0.3) is 5.91 Å². The van der Waals surface area contributed by atoms with Gasteiger partial charge in [0.05, 0.1) is 11.6 Å². The van der Waals surface area contributed by atoms with E-state index in [2.05, 4.69) is 22.0 Å². The van der Waals surface area contributed by atoms with E-state index in [0.29, 0.717) is 4.47 Å². The Balaban J connectivity index is 2.09. The van der Waals surface area contributed by atoms with Gasteiger partial charge in [0, 0.05) is 23.5 Å². The molecule has 106 valence electrons. The van der Waals surface area contributed by atoms with Crippen molar-refractivity contribution in [3.8, 4) is 6.07 Å². The van der Waals surface area contributed by atoms with Gasteiger partial charge in [-0.3, -0.25) is 4.79 Å². The number of rotatable bonds is 2. The van der Waals surface area contributed by atoms with Crippen molar-refractivity contribution in [2.24, 2.45) is 5.92 Å². The van der Waals surface area contributed by atoms with Crippen molar-refractivity contribution in [3.05, 3.63) is 34.1 Å². The van der Waals surface area contributed by atoms with E-state index in [1.165, 1.54) is 12.1 Å². The fourth-order valence-electron chi connectivity index (χ4n) is 2.61. The summed E-state index contributed by atoms with van der Waals surface area (Å²) >= 11 is 3.25. The third kappa shape index (κ3) is 3.18. The summed E-state index contributed by atoms with van der Waals surface area (Å²) in [5, 5.41) is 8.88. The minimum atomic E-state index is -0.504. The lowest BCUT2D eigenvalue weighted by Crippen LogP contribution is -2.39. The van der Waals surface area contributed by atoms with Crippen molar-refractivity contribution in [3.63, 3.8) is 0 Å². The molecule has 0 aliphatic heterocycles. The van der Waals surface area contributed by atoms with Crippen LogP contribution in [0.3, 0.4) is 0 Å². The highest BCUT2D eigenvalue weighted by atomic mass is 79.9. The highest BCUT2D eigenvalue weighted by Gasteiger charge is 2.28. The SMILES string of the molecule is CN(C(=O)c1cc(Br)ccc1F)C1CCC(C#N)CC1. The fraction of sp³-hybridized carbons (Fsp3) is 0.467. The van der Waals surface area contributed by atoms with Crippen molar-refractivity contribution < 1.29 is 9.18 Å². The zero-order chi connectivity index (χ0) is 14.7. The van der Waals surface area contributed by atoms with Crippen LogP contribution >= 0.6 is 15.9 Å². The highest BCUT2D eigenvalue weighted by Crippen LogP contribution is 2.28. The van der Waals surface area contributed by atoms with Gasteiger partial charge in [-0.15, -0.1) is 0 Å². The molecule has 5 heteroatoms. The first-order valence-electron chi connectivity index (χ1n) is 6.64. The molecule has 1 aromatic rings. The first kappa shape index (κ1) is 15.0. The zero-order valence-corrected chi connectivity index (χ0v) is 12.9. The molecule has 0 heterocycles. The summed E-state index contributed by atoms with van der Waals surface area (Å²) in [7, 11) is 1.71. The van der Waals surface area contributed by atoms with Crippen LogP contribution in [0, 0.1) is 23.1 Å². The number of nitrogens with zero attached hydrogens (tertiary/aromatic N) is 2. The van der Waals surface area contributed by atoms with Gasteiger partial charge in [-0.25, -0.2) is 4.39 Å². The number of benzene rings is 1. The smallest absolute Gasteiger partial charge is 0.256 e. The number of hydrogen-bond donors (Lipinski definition) is 0. The molecule has 1 aromatic carbocycles. The largest absolute Gasteiger partial charge is 0.339 e. The lowest BCUT2D eigenvalue weighted by Gasteiger charge is -2.33. The molecule has 20 heavy (non-hydrogen) atoms. The first-order chi connectivity index (χ1) is 9.52. The second kappa shape index (κ2) is 6.36. The Hall–Kier alpha value is -1.41. The molecule has 1 amide bonds. The van der Waals surface area contributed by atoms with Crippen molar-refractivity contribution in [1.82, 2.24) is 4.90 Å². The van der Waals surface area contributed by atoms with Crippen LogP contribution in [0.2, 0.25) is 0 Å². The van der Waals surface area contributed by atoms with E-state index < -0.39 is 5.82 Å². The highest BCUT2D eigenvalue weighted by molar-refractivity contribution is 9.10. The molecule has 3 nitrogen and oxygen atoms in total. The molecule has 0 N–H and O–H groups in total. The Labute approximate surface area is 126 Å². The summed E-state index contributed by atoms with van der Waals surface area (Å²) in [6.45, 7) is 0. The van der Waals surface area contributed by atoms with Crippen LogP contribution in [-0.2, 0) is 0 Å². The average Bonchev–Trinajstić information content (AvgIpc) is 2.48. The lowest BCUT2D eigenvalue weighted by molar-refractivity contribution is 0.0681. The molecular weight excluding hydrogens is 323 g/mol. The second-order valence-electron chi connectivity index (χ2n) is 5.17. The van der Waals surface area contributed by atoms with E-state index in [1.54, 1.807) is 18.0 Å². The summed E-state index contributed by atoms with van der Waals surface area (Å²) in [5.41, 5.74) is 0.0873. The molecule has 0 aromatic heterocycles. The second-order valence-corrected chi connectivity index (χ2v) is 6.09. The molecule has 1 fully saturated rings. The fourth-order valence-corrected chi connectivity index (χ4v) is 2.97. The lowest BCUT2D eigenvalue weighted by atomic mass is 9.86. The van der Waals surface area contributed by atoms with Crippen LogP contribution in [0.4, 0.5) is 4.39 Å². The molecule has 0 spiro atoms. The molecule has 1 aliphatic carbocycles.